The lowest BCUT2D eigenvalue weighted by Crippen LogP contribution is -2.17. The number of hydrogen-bond acceptors (Lipinski definition) is 3. The number of nitrogens with one attached hydrogen (secondary N) is 1. The van der Waals surface area contributed by atoms with Crippen LogP contribution in [-0.2, 0) is 16.7 Å². The smallest absolute Gasteiger partial charge is 0.264 e. The monoisotopic (exact) mass is 243 g/mol. The predicted octanol–water partition coefficient (Wildman–Crippen LogP) is 1.36. The molecule has 0 unspecified atom stereocenters. The first kappa shape index (κ1) is 13.2. The molecule has 0 saturated heterocycles. The van der Waals surface area contributed by atoms with Gasteiger partial charge in [-0.15, -0.1) is 0 Å². The summed E-state index contributed by atoms with van der Waals surface area (Å²) >= 11 is 0. The first-order chi connectivity index (χ1) is 7.47. The molecule has 0 amide bonds. The molecule has 0 radical (unpaired) electrons. The predicted molar refractivity (Wildman–Crippen MR) is 63.9 cm³/mol. The fraction of sp³-hybridized carbons (Fsp3) is 0.455. The summed E-state index contributed by atoms with van der Waals surface area (Å²) in [4.78, 5) is 0. The molecule has 0 atom stereocenters. The molecule has 16 heavy (non-hydrogen) atoms. The summed E-state index contributed by atoms with van der Waals surface area (Å²) in [5.74, 6) is -0.187. The summed E-state index contributed by atoms with van der Waals surface area (Å²) in [6, 6.07) is 8.14. The maximum absolute atomic E-state index is 10.4. The van der Waals surface area contributed by atoms with Crippen LogP contribution in [0.15, 0.2) is 24.3 Å². The molecule has 1 aromatic carbocycles. The minimum absolute atomic E-state index is 0.187. The van der Waals surface area contributed by atoms with Gasteiger partial charge in [-0.2, -0.15) is 8.42 Å². The average Bonchev–Trinajstić information content (AvgIpc) is 2.19. The summed E-state index contributed by atoms with van der Waals surface area (Å²) in [6.45, 7) is 3.32. The van der Waals surface area contributed by atoms with Gasteiger partial charge in [-0.05, 0) is 25.5 Å². The number of aryl methyl sites for hydroxylation is 1. The van der Waals surface area contributed by atoms with E-state index in [1.165, 1.54) is 5.56 Å². The third-order valence-electron chi connectivity index (χ3n) is 2.21. The molecule has 0 saturated carbocycles. The van der Waals surface area contributed by atoms with E-state index in [2.05, 4.69) is 5.32 Å². The first-order valence-electron chi connectivity index (χ1n) is 5.19. The van der Waals surface area contributed by atoms with E-state index in [4.69, 9.17) is 4.55 Å². The van der Waals surface area contributed by atoms with Crippen molar-refractivity contribution < 1.29 is 13.0 Å². The van der Waals surface area contributed by atoms with Gasteiger partial charge in [0.1, 0.15) is 0 Å². The van der Waals surface area contributed by atoms with E-state index in [0.29, 0.717) is 19.5 Å². The molecule has 0 aromatic heterocycles. The Labute approximate surface area is 96.4 Å². The van der Waals surface area contributed by atoms with Gasteiger partial charge >= 0.3 is 0 Å². The fourth-order valence-corrected chi connectivity index (χ4v) is 1.83. The molecular formula is C11H17NO3S. The van der Waals surface area contributed by atoms with E-state index in [-0.39, 0.29) is 5.75 Å². The van der Waals surface area contributed by atoms with Crippen molar-refractivity contribution >= 4 is 10.1 Å². The quantitative estimate of drug-likeness (QED) is 0.585. The Morgan fingerprint density at radius 3 is 2.44 bits per heavy atom. The summed E-state index contributed by atoms with van der Waals surface area (Å²) < 4.78 is 29.4. The third-order valence-corrected chi connectivity index (χ3v) is 3.01. The van der Waals surface area contributed by atoms with Gasteiger partial charge in [0.15, 0.2) is 0 Å². The van der Waals surface area contributed by atoms with E-state index in [9.17, 15) is 8.42 Å². The summed E-state index contributed by atoms with van der Waals surface area (Å²) in [5, 5.41) is 3.12. The molecule has 4 nitrogen and oxygen atoms in total. The Bertz CT molecular complexity index is 411. The van der Waals surface area contributed by atoms with Gasteiger partial charge in [0.25, 0.3) is 10.1 Å². The highest BCUT2D eigenvalue weighted by Crippen LogP contribution is 2.02. The fourth-order valence-electron chi connectivity index (χ4n) is 1.32. The zero-order chi connectivity index (χ0) is 12.0. The van der Waals surface area contributed by atoms with Gasteiger partial charge in [-0.25, -0.2) is 0 Å². The molecule has 1 rings (SSSR count). The molecule has 90 valence electrons. The highest BCUT2D eigenvalue weighted by molar-refractivity contribution is 7.85. The Balaban J connectivity index is 2.19. The molecule has 0 spiro atoms. The van der Waals surface area contributed by atoms with Crippen LogP contribution >= 0.6 is 0 Å². The molecule has 5 heteroatoms. The maximum atomic E-state index is 10.4. The molecule has 0 aliphatic carbocycles. The summed E-state index contributed by atoms with van der Waals surface area (Å²) in [7, 11) is -3.81. The van der Waals surface area contributed by atoms with Crippen molar-refractivity contribution in [3.63, 3.8) is 0 Å². The van der Waals surface area contributed by atoms with E-state index in [0.717, 1.165) is 5.56 Å². The van der Waals surface area contributed by atoms with Crippen molar-refractivity contribution in [2.75, 3.05) is 12.3 Å². The lowest BCUT2D eigenvalue weighted by Gasteiger charge is -2.04. The van der Waals surface area contributed by atoms with Gasteiger partial charge in [0.05, 0.1) is 5.75 Å². The van der Waals surface area contributed by atoms with Gasteiger partial charge in [-0.3, -0.25) is 4.55 Å². The third kappa shape index (κ3) is 5.85. The summed E-state index contributed by atoms with van der Waals surface area (Å²) in [5.41, 5.74) is 2.38. The Hall–Kier alpha value is -0.910. The topological polar surface area (TPSA) is 66.4 Å². The maximum Gasteiger partial charge on any atom is 0.264 e. The number of benzene rings is 1. The minimum Gasteiger partial charge on any atom is -0.313 e. The second kappa shape index (κ2) is 5.98. The highest BCUT2D eigenvalue weighted by Gasteiger charge is 2.02. The molecule has 0 heterocycles. The second-order valence-electron chi connectivity index (χ2n) is 3.80. The average molecular weight is 243 g/mol. The molecule has 0 fully saturated rings. The van der Waals surface area contributed by atoms with Crippen molar-refractivity contribution in [2.24, 2.45) is 0 Å². The van der Waals surface area contributed by atoms with Gasteiger partial charge in [-0.1, -0.05) is 29.8 Å². The van der Waals surface area contributed by atoms with Gasteiger partial charge < -0.3 is 5.32 Å². The lowest BCUT2D eigenvalue weighted by atomic mass is 10.1. The molecule has 2 N–H and O–H groups in total. The highest BCUT2D eigenvalue weighted by atomic mass is 32.2. The Kier molecular flexibility index (Phi) is 4.92. The number of rotatable bonds is 6. The second-order valence-corrected chi connectivity index (χ2v) is 5.37. The van der Waals surface area contributed by atoms with Crippen LogP contribution in [0.4, 0.5) is 0 Å². The molecular weight excluding hydrogens is 226 g/mol. The Morgan fingerprint density at radius 2 is 1.88 bits per heavy atom. The van der Waals surface area contributed by atoms with Crippen molar-refractivity contribution in [1.29, 1.82) is 0 Å². The normalized spacial score (nSPS) is 11.6. The van der Waals surface area contributed by atoms with Crippen molar-refractivity contribution in [3.05, 3.63) is 35.4 Å². The zero-order valence-corrected chi connectivity index (χ0v) is 10.1. The zero-order valence-electron chi connectivity index (χ0n) is 9.31. The van der Waals surface area contributed by atoms with Crippen LogP contribution in [0.2, 0.25) is 0 Å². The van der Waals surface area contributed by atoms with E-state index < -0.39 is 10.1 Å². The van der Waals surface area contributed by atoms with Crippen molar-refractivity contribution in [1.82, 2.24) is 5.32 Å². The Morgan fingerprint density at radius 1 is 1.25 bits per heavy atom. The van der Waals surface area contributed by atoms with Crippen LogP contribution in [0, 0.1) is 6.92 Å². The van der Waals surface area contributed by atoms with Crippen molar-refractivity contribution in [2.45, 2.75) is 19.9 Å². The molecule has 0 aliphatic heterocycles. The van der Waals surface area contributed by atoms with Crippen molar-refractivity contribution in [3.8, 4) is 0 Å². The standard InChI is InChI=1S/C11H17NO3S/c1-10-3-5-11(6-4-10)9-12-7-2-8-16(13,14)15/h3-6,12H,2,7-9H2,1H3,(H,13,14,15). The minimum atomic E-state index is -3.81. The largest absolute Gasteiger partial charge is 0.313 e. The van der Waals surface area contributed by atoms with E-state index in [1.54, 1.807) is 0 Å². The van der Waals surface area contributed by atoms with Crippen LogP contribution in [0.3, 0.4) is 0 Å². The van der Waals surface area contributed by atoms with E-state index >= 15 is 0 Å². The summed E-state index contributed by atoms with van der Waals surface area (Å²) in [6.07, 6.45) is 0.421. The molecule has 0 bridgehead atoms. The SMILES string of the molecule is Cc1ccc(CNCCCS(=O)(=O)O)cc1. The van der Waals surface area contributed by atoms with Crippen LogP contribution in [0.25, 0.3) is 0 Å². The van der Waals surface area contributed by atoms with Crippen LogP contribution in [-0.4, -0.2) is 25.3 Å². The first-order valence-corrected chi connectivity index (χ1v) is 6.80. The van der Waals surface area contributed by atoms with Gasteiger partial charge in [0.2, 0.25) is 0 Å². The molecule has 0 aliphatic rings. The lowest BCUT2D eigenvalue weighted by molar-refractivity contribution is 0.479. The number of hydrogen-bond donors (Lipinski definition) is 2. The van der Waals surface area contributed by atoms with Crippen LogP contribution in [0.1, 0.15) is 17.5 Å². The van der Waals surface area contributed by atoms with Gasteiger partial charge in [0, 0.05) is 6.54 Å². The van der Waals surface area contributed by atoms with Crippen LogP contribution in [0.5, 0.6) is 0 Å². The van der Waals surface area contributed by atoms with Crippen LogP contribution < -0.4 is 5.32 Å². The van der Waals surface area contributed by atoms with E-state index in [1.807, 2.05) is 31.2 Å². The molecule has 1 aromatic rings.